The molecule has 0 saturated heterocycles. The largest absolute Gasteiger partial charge is 0.416 e. The zero-order chi connectivity index (χ0) is 18.1. The summed E-state index contributed by atoms with van der Waals surface area (Å²) in [6.45, 7) is 0. The lowest BCUT2D eigenvalue weighted by atomic mass is 10.2. The molecule has 1 aromatic carbocycles. The summed E-state index contributed by atoms with van der Waals surface area (Å²) < 4.78 is 64.0. The Hall–Kier alpha value is -1.85. The van der Waals surface area contributed by atoms with Gasteiger partial charge in [0, 0.05) is 17.7 Å². The highest BCUT2D eigenvalue weighted by atomic mass is 79.9. The van der Waals surface area contributed by atoms with Gasteiger partial charge in [-0.15, -0.1) is 4.83 Å². The fourth-order valence-corrected chi connectivity index (χ4v) is 3.23. The molecule has 0 aliphatic carbocycles. The normalized spacial score (nSPS) is 12.2. The van der Waals surface area contributed by atoms with E-state index in [0.29, 0.717) is 10.5 Å². The van der Waals surface area contributed by atoms with Crippen molar-refractivity contribution < 1.29 is 26.4 Å². The van der Waals surface area contributed by atoms with E-state index in [1.165, 1.54) is 10.6 Å². The van der Waals surface area contributed by atoms with Crippen molar-refractivity contribution in [1.82, 2.24) is 14.8 Å². The molecule has 0 bridgehead atoms. The third-order valence-electron chi connectivity index (χ3n) is 2.97. The Balaban J connectivity index is 2.17. The molecule has 0 unspecified atom stereocenters. The molecular weight excluding hydrogens is 415 g/mol. The van der Waals surface area contributed by atoms with E-state index in [0.717, 1.165) is 18.2 Å². The fraction of sp³-hybridized carbons (Fsp3) is 0.154. The van der Waals surface area contributed by atoms with Crippen molar-refractivity contribution in [2.24, 2.45) is 7.05 Å². The predicted molar refractivity (Wildman–Crippen MR) is 82.3 cm³/mol. The van der Waals surface area contributed by atoms with Crippen LogP contribution in [0.25, 0.3) is 0 Å². The number of sulfonamides is 1. The van der Waals surface area contributed by atoms with Gasteiger partial charge >= 0.3 is 6.18 Å². The van der Waals surface area contributed by atoms with Gasteiger partial charge in [0.05, 0.1) is 10.5 Å². The number of hydrogen-bond donors (Lipinski definition) is 2. The van der Waals surface area contributed by atoms with E-state index in [1.54, 1.807) is 18.1 Å². The number of hydrogen-bond acceptors (Lipinski definition) is 3. The summed E-state index contributed by atoms with van der Waals surface area (Å²) in [7, 11) is -2.78. The van der Waals surface area contributed by atoms with Crippen molar-refractivity contribution in [3.63, 3.8) is 0 Å². The summed E-state index contributed by atoms with van der Waals surface area (Å²) in [5.41, 5.74) is 0.989. The lowest BCUT2D eigenvalue weighted by molar-refractivity contribution is -0.137. The summed E-state index contributed by atoms with van der Waals surface area (Å²) in [5.74, 6) is -0.765. The number of halogens is 4. The zero-order valence-corrected chi connectivity index (χ0v) is 14.5. The quantitative estimate of drug-likeness (QED) is 0.738. The van der Waals surface area contributed by atoms with Crippen molar-refractivity contribution >= 4 is 31.9 Å². The molecule has 0 spiro atoms. The van der Waals surface area contributed by atoms with E-state index in [9.17, 15) is 26.4 Å². The third kappa shape index (κ3) is 4.16. The second-order valence-electron chi connectivity index (χ2n) is 4.74. The fourth-order valence-electron chi connectivity index (χ4n) is 1.83. The molecular formula is C13H11BrF3N3O3S. The SMILES string of the molecule is Cn1cc(Br)cc1C(=O)NNS(=O)(=O)c1cccc(C(F)(F)F)c1. The molecule has 2 aromatic rings. The van der Waals surface area contributed by atoms with Crippen LogP contribution >= 0.6 is 15.9 Å². The summed E-state index contributed by atoms with van der Waals surface area (Å²) in [6.07, 6.45) is -3.10. The Labute approximate surface area is 143 Å². The number of aryl methyl sites for hydroxylation is 1. The maximum Gasteiger partial charge on any atom is 0.416 e. The maximum absolute atomic E-state index is 12.6. The standard InChI is InChI=1S/C13H11BrF3N3O3S/c1-20-7-9(14)6-11(20)12(21)18-19-24(22,23)10-4-2-3-8(5-10)13(15,16)17/h2-7,19H,1H3,(H,18,21). The van der Waals surface area contributed by atoms with Gasteiger partial charge in [0.1, 0.15) is 5.69 Å². The molecule has 0 fully saturated rings. The van der Waals surface area contributed by atoms with Gasteiger partial charge in [-0.2, -0.15) is 13.2 Å². The molecule has 0 atom stereocenters. The second kappa shape index (κ2) is 6.57. The summed E-state index contributed by atoms with van der Waals surface area (Å²) in [6, 6.07) is 4.64. The molecule has 6 nitrogen and oxygen atoms in total. The Kier molecular flexibility index (Phi) is 5.06. The van der Waals surface area contributed by atoms with Crippen molar-refractivity contribution in [3.05, 3.63) is 52.3 Å². The zero-order valence-electron chi connectivity index (χ0n) is 12.1. The van der Waals surface area contributed by atoms with Crippen molar-refractivity contribution in [3.8, 4) is 0 Å². The smallest absolute Gasteiger partial charge is 0.345 e. The van der Waals surface area contributed by atoms with Gasteiger partial charge in [0.2, 0.25) is 0 Å². The molecule has 0 saturated carbocycles. The molecule has 24 heavy (non-hydrogen) atoms. The summed E-state index contributed by atoms with van der Waals surface area (Å²) in [4.78, 5) is 13.1. The molecule has 2 rings (SSSR count). The Morgan fingerprint density at radius 1 is 1.25 bits per heavy atom. The van der Waals surface area contributed by atoms with Crippen molar-refractivity contribution in [1.29, 1.82) is 0 Å². The van der Waals surface area contributed by atoms with Crippen molar-refractivity contribution in [2.45, 2.75) is 11.1 Å². The minimum atomic E-state index is -4.68. The molecule has 0 aliphatic rings. The van der Waals surface area contributed by atoms with Gasteiger partial charge in [0.25, 0.3) is 15.9 Å². The van der Waals surface area contributed by atoms with Crippen LogP contribution in [0, 0.1) is 0 Å². The Bertz CT molecular complexity index is 878. The number of carbonyl (C=O) groups excluding carboxylic acids is 1. The van der Waals surface area contributed by atoms with Crippen LogP contribution in [-0.4, -0.2) is 18.9 Å². The number of rotatable bonds is 4. The van der Waals surface area contributed by atoms with Gasteiger partial charge in [-0.25, -0.2) is 8.42 Å². The van der Waals surface area contributed by atoms with Crippen LogP contribution in [-0.2, 0) is 23.2 Å². The summed E-state index contributed by atoms with van der Waals surface area (Å²) >= 11 is 3.16. The van der Waals surface area contributed by atoms with Crippen LogP contribution < -0.4 is 10.3 Å². The van der Waals surface area contributed by atoms with Gasteiger partial charge in [0.15, 0.2) is 0 Å². The maximum atomic E-state index is 12.6. The predicted octanol–water partition coefficient (Wildman–Crippen LogP) is 2.43. The van der Waals surface area contributed by atoms with E-state index >= 15 is 0 Å². The van der Waals surface area contributed by atoms with Gasteiger partial charge in [-0.3, -0.25) is 10.2 Å². The molecule has 130 valence electrons. The highest BCUT2D eigenvalue weighted by Crippen LogP contribution is 2.30. The van der Waals surface area contributed by atoms with E-state index in [2.05, 4.69) is 15.9 Å². The molecule has 0 radical (unpaired) electrons. The number of alkyl halides is 3. The van der Waals surface area contributed by atoms with E-state index in [1.807, 2.05) is 5.43 Å². The van der Waals surface area contributed by atoms with Crippen LogP contribution in [0.5, 0.6) is 0 Å². The number of benzene rings is 1. The minimum absolute atomic E-state index is 0.147. The lowest BCUT2D eigenvalue weighted by Gasteiger charge is -2.11. The lowest BCUT2D eigenvalue weighted by Crippen LogP contribution is -2.42. The van der Waals surface area contributed by atoms with Crippen LogP contribution in [0.1, 0.15) is 16.1 Å². The average Bonchev–Trinajstić information content (AvgIpc) is 2.83. The number of aromatic nitrogens is 1. The molecule has 1 aromatic heterocycles. The molecule has 2 N–H and O–H groups in total. The first-order valence-corrected chi connectivity index (χ1v) is 8.59. The first-order chi connectivity index (χ1) is 11.0. The Morgan fingerprint density at radius 2 is 1.92 bits per heavy atom. The molecule has 0 aliphatic heterocycles. The number of nitrogens with one attached hydrogen (secondary N) is 2. The monoisotopic (exact) mass is 425 g/mol. The number of amides is 1. The van der Waals surface area contributed by atoms with Crippen molar-refractivity contribution in [2.75, 3.05) is 0 Å². The molecule has 11 heteroatoms. The van der Waals surface area contributed by atoms with E-state index in [-0.39, 0.29) is 5.69 Å². The van der Waals surface area contributed by atoms with Crippen LogP contribution in [0.3, 0.4) is 0 Å². The second-order valence-corrected chi connectivity index (χ2v) is 7.34. The first-order valence-electron chi connectivity index (χ1n) is 6.32. The summed E-state index contributed by atoms with van der Waals surface area (Å²) in [5, 5.41) is 0. The topological polar surface area (TPSA) is 80.2 Å². The molecule has 1 heterocycles. The first kappa shape index (κ1) is 18.5. The minimum Gasteiger partial charge on any atom is -0.345 e. The van der Waals surface area contributed by atoms with Gasteiger partial charge in [-0.05, 0) is 40.2 Å². The molecule has 1 amide bonds. The number of carbonyl (C=O) groups is 1. The van der Waals surface area contributed by atoms with Gasteiger partial charge < -0.3 is 4.57 Å². The van der Waals surface area contributed by atoms with Gasteiger partial charge in [-0.1, -0.05) is 6.07 Å². The Morgan fingerprint density at radius 3 is 2.46 bits per heavy atom. The van der Waals surface area contributed by atoms with Crippen LogP contribution in [0.2, 0.25) is 0 Å². The van der Waals surface area contributed by atoms with E-state index < -0.39 is 32.6 Å². The number of nitrogens with zero attached hydrogens (tertiary/aromatic N) is 1. The van der Waals surface area contributed by atoms with E-state index in [4.69, 9.17) is 0 Å². The highest BCUT2D eigenvalue weighted by Gasteiger charge is 2.31. The highest BCUT2D eigenvalue weighted by molar-refractivity contribution is 9.10. The average molecular weight is 426 g/mol. The van der Waals surface area contributed by atoms with Crippen LogP contribution in [0.15, 0.2) is 45.9 Å². The van der Waals surface area contributed by atoms with Crippen LogP contribution in [0.4, 0.5) is 13.2 Å². The third-order valence-corrected chi connectivity index (χ3v) is 4.65. The number of hydrazine groups is 1.